The largest absolute Gasteiger partial charge is 0.417 e. The maximum absolute atomic E-state index is 12.6. The van der Waals surface area contributed by atoms with Crippen LogP contribution in [0.2, 0.25) is 5.02 Å². The van der Waals surface area contributed by atoms with Gasteiger partial charge in [-0.1, -0.05) is 11.6 Å². The molecule has 0 aliphatic carbocycles. The van der Waals surface area contributed by atoms with Crippen molar-refractivity contribution >= 4 is 23.2 Å². The summed E-state index contributed by atoms with van der Waals surface area (Å²) in [6.45, 7) is 1.63. The van der Waals surface area contributed by atoms with Gasteiger partial charge in [-0.15, -0.1) is 0 Å². The first-order valence-electron chi connectivity index (χ1n) is 5.12. The normalized spacial score (nSPS) is 13.2. The van der Waals surface area contributed by atoms with Crippen LogP contribution in [-0.4, -0.2) is 11.9 Å². The third kappa shape index (κ3) is 4.19. The molecule has 0 aliphatic rings. The lowest BCUT2D eigenvalue weighted by molar-refractivity contribution is -0.137. The predicted octanol–water partition coefficient (Wildman–Crippen LogP) is 3.03. The molecule has 0 bridgehead atoms. The van der Waals surface area contributed by atoms with E-state index in [4.69, 9.17) is 17.3 Å². The summed E-state index contributed by atoms with van der Waals surface area (Å²) >= 11 is 5.45. The van der Waals surface area contributed by atoms with Crippen LogP contribution in [0.1, 0.15) is 18.9 Å². The first kappa shape index (κ1) is 14.8. The number of carbonyl (C=O) groups is 1. The number of carbonyl (C=O) groups excluding carboxylic acids is 1. The van der Waals surface area contributed by atoms with E-state index in [0.717, 1.165) is 12.1 Å². The van der Waals surface area contributed by atoms with Gasteiger partial charge >= 0.3 is 6.18 Å². The first-order chi connectivity index (χ1) is 8.20. The van der Waals surface area contributed by atoms with Gasteiger partial charge in [0.25, 0.3) is 0 Å². The number of nitrogens with two attached hydrogens (primary N) is 1. The number of hydrogen-bond donors (Lipinski definition) is 2. The second-order valence-electron chi connectivity index (χ2n) is 3.92. The molecule has 1 atom stereocenters. The molecule has 0 saturated heterocycles. The zero-order valence-corrected chi connectivity index (χ0v) is 10.3. The number of benzene rings is 1. The number of hydrogen-bond acceptors (Lipinski definition) is 2. The fraction of sp³-hybridized carbons (Fsp3) is 0.364. The Morgan fingerprint density at radius 2 is 2.11 bits per heavy atom. The molecule has 7 heteroatoms. The van der Waals surface area contributed by atoms with Crippen molar-refractivity contribution in [3.8, 4) is 0 Å². The molecule has 1 unspecified atom stereocenters. The lowest BCUT2D eigenvalue weighted by Gasteiger charge is -2.12. The second kappa shape index (κ2) is 5.58. The van der Waals surface area contributed by atoms with Crippen LogP contribution >= 0.6 is 11.6 Å². The summed E-state index contributed by atoms with van der Waals surface area (Å²) < 4.78 is 37.7. The molecule has 3 N–H and O–H groups in total. The van der Waals surface area contributed by atoms with E-state index >= 15 is 0 Å². The summed E-state index contributed by atoms with van der Waals surface area (Å²) in [6, 6.07) is 2.82. The van der Waals surface area contributed by atoms with Gasteiger partial charge in [0.1, 0.15) is 0 Å². The highest BCUT2D eigenvalue weighted by molar-refractivity contribution is 6.31. The van der Waals surface area contributed by atoms with E-state index in [0.29, 0.717) is 0 Å². The Bertz CT molecular complexity index is 446. The van der Waals surface area contributed by atoms with E-state index in [1.54, 1.807) is 6.92 Å². The number of nitrogens with one attached hydrogen (secondary N) is 1. The van der Waals surface area contributed by atoms with Gasteiger partial charge in [0.05, 0.1) is 10.6 Å². The summed E-state index contributed by atoms with van der Waals surface area (Å²) in [5, 5.41) is 1.93. The summed E-state index contributed by atoms with van der Waals surface area (Å²) in [4.78, 5) is 11.4. The Labute approximate surface area is 107 Å². The van der Waals surface area contributed by atoms with Gasteiger partial charge in [-0.05, 0) is 25.1 Å². The molecule has 1 amide bonds. The molecule has 100 valence electrons. The van der Waals surface area contributed by atoms with Gasteiger partial charge in [0, 0.05) is 18.2 Å². The minimum Gasteiger partial charge on any atom is -0.327 e. The van der Waals surface area contributed by atoms with Crippen molar-refractivity contribution in [2.45, 2.75) is 25.6 Å². The van der Waals surface area contributed by atoms with Gasteiger partial charge in [0.15, 0.2) is 0 Å². The van der Waals surface area contributed by atoms with Crippen molar-refractivity contribution in [2.24, 2.45) is 5.73 Å². The molecule has 0 spiro atoms. The Hall–Kier alpha value is -1.27. The summed E-state index contributed by atoms with van der Waals surface area (Å²) in [5.41, 5.74) is 4.46. The molecular weight excluding hydrogens is 269 g/mol. The minimum absolute atomic E-state index is 0.0317. The van der Waals surface area contributed by atoms with Crippen LogP contribution in [0.25, 0.3) is 0 Å². The quantitative estimate of drug-likeness (QED) is 0.894. The zero-order chi connectivity index (χ0) is 13.9. The van der Waals surface area contributed by atoms with Crippen LogP contribution in [-0.2, 0) is 11.0 Å². The zero-order valence-electron chi connectivity index (χ0n) is 9.51. The number of anilines is 1. The number of amides is 1. The molecule has 18 heavy (non-hydrogen) atoms. The van der Waals surface area contributed by atoms with Crippen molar-refractivity contribution in [3.63, 3.8) is 0 Å². The molecule has 0 fully saturated rings. The topological polar surface area (TPSA) is 55.1 Å². The van der Waals surface area contributed by atoms with E-state index in [1.165, 1.54) is 6.07 Å². The average Bonchev–Trinajstić information content (AvgIpc) is 2.17. The third-order valence-electron chi connectivity index (χ3n) is 2.06. The standard InChI is InChI=1S/C11H12ClF3N2O/c1-6(16)4-10(18)17-7-2-3-9(12)8(5-7)11(13,14)15/h2-3,5-6H,4,16H2,1H3,(H,17,18). The molecule has 3 nitrogen and oxygen atoms in total. The highest BCUT2D eigenvalue weighted by Crippen LogP contribution is 2.36. The highest BCUT2D eigenvalue weighted by atomic mass is 35.5. The van der Waals surface area contributed by atoms with Crippen molar-refractivity contribution in [2.75, 3.05) is 5.32 Å². The van der Waals surface area contributed by atoms with Gasteiger partial charge in [-0.3, -0.25) is 4.79 Å². The van der Waals surface area contributed by atoms with E-state index in [2.05, 4.69) is 5.32 Å². The van der Waals surface area contributed by atoms with Crippen LogP contribution in [0.5, 0.6) is 0 Å². The smallest absolute Gasteiger partial charge is 0.327 e. The fourth-order valence-corrected chi connectivity index (χ4v) is 1.55. The van der Waals surface area contributed by atoms with Gasteiger partial charge < -0.3 is 11.1 Å². The lowest BCUT2D eigenvalue weighted by Crippen LogP contribution is -2.24. The van der Waals surface area contributed by atoms with E-state index in [1.807, 2.05) is 0 Å². The predicted molar refractivity (Wildman–Crippen MR) is 63.4 cm³/mol. The summed E-state index contributed by atoms with van der Waals surface area (Å²) in [7, 11) is 0. The van der Waals surface area contributed by atoms with Crippen LogP contribution in [0.4, 0.5) is 18.9 Å². The fourth-order valence-electron chi connectivity index (χ4n) is 1.32. The average molecular weight is 281 g/mol. The highest BCUT2D eigenvalue weighted by Gasteiger charge is 2.33. The van der Waals surface area contributed by atoms with E-state index in [9.17, 15) is 18.0 Å². The second-order valence-corrected chi connectivity index (χ2v) is 4.33. The number of halogens is 4. The Morgan fingerprint density at radius 1 is 1.50 bits per heavy atom. The van der Waals surface area contributed by atoms with Crippen LogP contribution in [0.3, 0.4) is 0 Å². The van der Waals surface area contributed by atoms with Crippen LogP contribution in [0, 0.1) is 0 Å². The molecule has 0 saturated carbocycles. The van der Waals surface area contributed by atoms with Crippen molar-refractivity contribution in [1.82, 2.24) is 0 Å². The Kier molecular flexibility index (Phi) is 4.59. The van der Waals surface area contributed by atoms with Crippen molar-refractivity contribution < 1.29 is 18.0 Å². The first-order valence-corrected chi connectivity index (χ1v) is 5.50. The van der Waals surface area contributed by atoms with Crippen molar-refractivity contribution in [1.29, 1.82) is 0 Å². The lowest BCUT2D eigenvalue weighted by atomic mass is 10.2. The van der Waals surface area contributed by atoms with Gasteiger partial charge in [0.2, 0.25) is 5.91 Å². The Balaban J connectivity index is 2.89. The number of rotatable bonds is 3. The molecule has 0 aliphatic heterocycles. The SMILES string of the molecule is CC(N)CC(=O)Nc1ccc(Cl)c(C(F)(F)F)c1. The molecule has 0 aromatic heterocycles. The third-order valence-corrected chi connectivity index (χ3v) is 2.39. The Morgan fingerprint density at radius 3 is 2.61 bits per heavy atom. The van der Waals surface area contributed by atoms with Crippen molar-refractivity contribution in [3.05, 3.63) is 28.8 Å². The minimum atomic E-state index is -4.56. The monoisotopic (exact) mass is 280 g/mol. The maximum Gasteiger partial charge on any atom is 0.417 e. The van der Waals surface area contributed by atoms with Crippen LogP contribution in [0.15, 0.2) is 18.2 Å². The molecule has 0 radical (unpaired) electrons. The molecule has 1 aromatic carbocycles. The summed E-state index contributed by atoms with van der Waals surface area (Å²) in [6.07, 6.45) is -4.52. The van der Waals surface area contributed by atoms with E-state index < -0.39 is 22.7 Å². The van der Waals surface area contributed by atoms with Gasteiger partial charge in [-0.25, -0.2) is 0 Å². The van der Waals surface area contributed by atoms with E-state index in [-0.39, 0.29) is 18.2 Å². The molecular formula is C11H12ClF3N2O. The van der Waals surface area contributed by atoms with Crippen LogP contribution < -0.4 is 11.1 Å². The molecule has 0 heterocycles. The van der Waals surface area contributed by atoms with Gasteiger partial charge in [-0.2, -0.15) is 13.2 Å². The maximum atomic E-state index is 12.6. The molecule has 1 aromatic rings. The number of alkyl halides is 3. The molecule has 1 rings (SSSR count). The summed E-state index contributed by atoms with van der Waals surface area (Å²) in [5.74, 6) is -0.444.